The Morgan fingerprint density at radius 1 is 1.39 bits per heavy atom. The number of para-hydroxylation sites is 1. The van der Waals surface area contributed by atoms with Crippen LogP contribution in [0, 0.1) is 24.2 Å². The number of aromatic nitrogens is 1. The minimum atomic E-state index is 0.140. The number of pyridine rings is 1. The van der Waals surface area contributed by atoms with Crippen LogP contribution in [0.15, 0.2) is 24.3 Å². The minimum absolute atomic E-state index is 0.140. The van der Waals surface area contributed by atoms with Crippen molar-refractivity contribution < 1.29 is 4.79 Å². The third kappa shape index (κ3) is 3.26. The molecule has 23 heavy (non-hydrogen) atoms. The van der Waals surface area contributed by atoms with Crippen LogP contribution in [-0.4, -0.2) is 24.0 Å². The number of anilines is 1. The molecule has 1 amide bonds. The van der Waals surface area contributed by atoms with E-state index in [1.54, 1.807) is 0 Å². The largest absolute Gasteiger partial charge is 0.367 e. The number of hydrogen-bond donors (Lipinski definition) is 2. The molecule has 3 rings (SSSR count). The molecule has 1 aliphatic carbocycles. The first-order chi connectivity index (χ1) is 11.2. The summed E-state index contributed by atoms with van der Waals surface area (Å²) in [6, 6.07) is 9.96. The molecule has 5 nitrogen and oxygen atoms in total. The van der Waals surface area contributed by atoms with Crippen molar-refractivity contribution in [3.8, 4) is 6.07 Å². The van der Waals surface area contributed by atoms with Gasteiger partial charge in [-0.3, -0.25) is 4.79 Å². The maximum atomic E-state index is 11.8. The Kier molecular flexibility index (Phi) is 4.42. The third-order valence-electron chi connectivity index (χ3n) is 4.36. The molecule has 0 radical (unpaired) electrons. The zero-order valence-electron chi connectivity index (χ0n) is 13.2. The summed E-state index contributed by atoms with van der Waals surface area (Å²) in [6.07, 6.45) is 3.16. The molecule has 2 N–H and O–H groups in total. The molecule has 118 valence electrons. The van der Waals surface area contributed by atoms with Crippen molar-refractivity contribution in [3.63, 3.8) is 0 Å². The van der Waals surface area contributed by atoms with Gasteiger partial charge in [-0.1, -0.05) is 24.6 Å². The summed E-state index contributed by atoms with van der Waals surface area (Å²) in [5.41, 5.74) is 2.49. The summed E-state index contributed by atoms with van der Waals surface area (Å²) in [5, 5.41) is 16.4. The number of amides is 1. The lowest BCUT2D eigenvalue weighted by molar-refractivity contribution is -0.127. The highest BCUT2D eigenvalue weighted by atomic mass is 16.1. The monoisotopic (exact) mass is 308 g/mol. The molecular weight excluding hydrogens is 288 g/mol. The van der Waals surface area contributed by atoms with Crippen molar-refractivity contribution in [2.75, 3.05) is 18.4 Å². The first-order valence-electron chi connectivity index (χ1n) is 8.01. The number of nitrogens with one attached hydrogen (secondary N) is 2. The van der Waals surface area contributed by atoms with Gasteiger partial charge >= 0.3 is 0 Å². The van der Waals surface area contributed by atoms with Gasteiger partial charge in [0.2, 0.25) is 5.91 Å². The van der Waals surface area contributed by atoms with Gasteiger partial charge in [0.25, 0.3) is 0 Å². The normalized spacial score (nSPS) is 14.1. The van der Waals surface area contributed by atoms with E-state index in [2.05, 4.69) is 21.7 Å². The number of aryl methyl sites for hydroxylation is 1. The van der Waals surface area contributed by atoms with Crippen LogP contribution < -0.4 is 10.6 Å². The SMILES string of the molecule is Cc1cccc2cc(C#N)c(NCCNC(=O)C3CCC3)nc12. The molecule has 1 aliphatic rings. The van der Waals surface area contributed by atoms with Crippen molar-refractivity contribution in [1.29, 1.82) is 5.26 Å². The van der Waals surface area contributed by atoms with E-state index < -0.39 is 0 Å². The molecule has 0 atom stereocenters. The van der Waals surface area contributed by atoms with E-state index in [0.29, 0.717) is 24.5 Å². The first kappa shape index (κ1) is 15.3. The quantitative estimate of drug-likeness (QED) is 0.833. The van der Waals surface area contributed by atoms with Gasteiger partial charge < -0.3 is 10.6 Å². The third-order valence-corrected chi connectivity index (χ3v) is 4.36. The number of carbonyl (C=O) groups excluding carboxylic acids is 1. The summed E-state index contributed by atoms with van der Waals surface area (Å²) in [6.45, 7) is 3.09. The average molecular weight is 308 g/mol. The topological polar surface area (TPSA) is 77.8 Å². The standard InChI is InChI=1S/C18H20N4O/c1-12-4-2-7-14-10-15(11-19)17(22-16(12)14)20-8-9-21-18(23)13-5-3-6-13/h2,4,7,10,13H,3,5-6,8-9H2,1H3,(H,20,22)(H,21,23). The Bertz CT molecular complexity index is 774. The van der Waals surface area contributed by atoms with E-state index in [0.717, 1.165) is 35.7 Å². The summed E-state index contributed by atoms with van der Waals surface area (Å²) in [5.74, 6) is 0.916. The Balaban J connectivity index is 1.65. The lowest BCUT2D eigenvalue weighted by atomic mass is 9.85. The Morgan fingerprint density at radius 2 is 2.22 bits per heavy atom. The Labute approximate surface area is 135 Å². The number of nitrogens with zero attached hydrogens (tertiary/aromatic N) is 2. The van der Waals surface area contributed by atoms with Crippen LogP contribution in [0.25, 0.3) is 10.9 Å². The van der Waals surface area contributed by atoms with Gasteiger partial charge in [0.15, 0.2) is 0 Å². The molecule has 0 saturated heterocycles. The second-order valence-electron chi connectivity index (χ2n) is 5.99. The number of nitriles is 1. The van der Waals surface area contributed by atoms with E-state index >= 15 is 0 Å². The van der Waals surface area contributed by atoms with Crippen molar-refractivity contribution in [3.05, 3.63) is 35.4 Å². The van der Waals surface area contributed by atoms with Crippen molar-refractivity contribution in [2.45, 2.75) is 26.2 Å². The molecule has 1 heterocycles. The molecule has 0 unspecified atom stereocenters. The van der Waals surface area contributed by atoms with Crippen LogP contribution >= 0.6 is 0 Å². The smallest absolute Gasteiger partial charge is 0.223 e. The van der Waals surface area contributed by atoms with Gasteiger partial charge in [-0.2, -0.15) is 5.26 Å². The predicted octanol–water partition coefficient (Wildman–Crippen LogP) is 2.74. The lowest BCUT2D eigenvalue weighted by Gasteiger charge is -2.24. The fraction of sp³-hybridized carbons (Fsp3) is 0.389. The summed E-state index contributed by atoms with van der Waals surface area (Å²) >= 11 is 0. The molecule has 1 saturated carbocycles. The van der Waals surface area contributed by atoms with E-state index in [-0.39, 0.29) is 11.8 Å². The van der Waals surface area contributed by atoms with Crippen molar-refractivity contribution in [2.24, 2.45) is 5.92 Å². The maximum absolute atomic E-state index is 11.8. The van der Waals surface area contributed by atoms with Gasteiger partial charge in [0.05, 0.1) is 11.1 Å². The second kappa shape index (κ2) is 6.66. The molecule has 1 fully saturated rings. The van der Waals surface area contributed by atoms with E-state index in [4.69, 9.17) is 0 Å². The van der Waals surface area contributed by atoms with E-state index in [9.17, 15) is 10.1 Å². The van der Waals surface area contributed by atoms with Crippen LogP contribution in [0.1, 0.15) is 30.4 Å². The molecule has 0 aliphatic heterocycles. The zero-order valence-corrected chi connectivity index (χ0v) is 13.2. The molecule has 5 heteroatoms. The van der Waals surface area contributed by atoms with E-state index in [1.165, 1.54) is 0 Å². The number of hydrogen-bond acceptors (Lipinski definition) is 4. The summed E-state index contributed by atoms with van der Waals surface area (Å²) in [7, 11) is 0. The molecular formula is C18H20N4O. The van der Waals surface area contributed by atoms with Gasteiger partial charge in [0.1, 0.15) is 11.9 Å². The van der Waals surface area contributed by atoms with Crippen LogP contribution in [0.4, 0.5) is 5.82 Å². The van der Waals surface area contributed by atoms with Crippen molar-refractivity contribution >= 4 is 22.6 Å². The summed E-state index contributed by atoms with van der Waals surface area (Å²) < 4.78 is 0. The number of carbonyl (C=O) groups is 1. The number of fused-ring (bicyclic) bond motifs is 1. The minimum Gasteiger partial charge on any atom is -0.367 e. The lowest BCUT2D eigenvalue weighted by Crippen LogP contribution is -2.37. The van der Waals surface area contributed by atoms with Crippen molar-refractivity contribution in [1.82, 2.24) is 10.3 Å². The van der Waals surface area contributed by atoms with Crippen LogP contribution in [0.5, 0.6) is 0 Å². The predicted molar refractivity (Wildman–Crippen MR) is 90.0 cm³/mol. The van der Waals surface area contributed by atoms with E-state index in [1.807, 2.05) is 31.2 Å². The molecule has 1 aromatic heterocycles. The highest BCUT2D eigenvalue weighted by Gasteiger charge is 2.24. The zero-order chi connectivity index (χ0) is 16.2. The fourth-order valence-electron chi connectivity index (χ4n) is 2.75. The second-order valence-corrected chi connectivity index (χ2v) is 5.99. The number of rotatable bonds is 5. The molecule has 1 aromatic carbocycles. The highest BCUT2D eigenvalue weighted by molar-refractivity contribution is 5.85. The fourth-order valence-corrected chi connectivity index (χ4v) is 2.75. The Hall–Kier alpha value is -2.61. The van der Waals surface area contributed by atoms with Gasteiger partial charge in [-0.25, -0.2) is 4.98 Å². The van der Waals surface area contributed by atoms with Gasteiger partial charge in [-0.05, 0) is 31.4 Å². The maximum Gasteiger partial charge on any atom is 0.223 e. The molecule has 0 spiro atoms. The van der Waals surface area contributed by atoms with Gasteiger partial charge in [-0.15, -0.1) is 0 Å². The highest BCUT2D eigenvalue weighted by Crippen LogP contribution is 2.26. The van der Waals surface area contributed by atoms with Crippen LogP contribution in [-0.2, 0) is 4.79 Å². The number of benzene rings is 1. The van der Waals surface area contributed by atoms with Gasteiger partial charge in [0, 0.05) is 24.4 Å². The molecule has 2 aromatic rings. The van der Waals surface area contributed by atoms with Crippen LogP contribution in [0.2, 0.25) is 0 Å². The first-order valence-corrected chi connectivity index (χ1v) is 8.01. The average Bonchev–Trinajstić information content (AvgIpc) is 2.49. The summed E-state index contributed by atoms with van der Waals surface area (Å²) in [4.78, 5) is 16.4. The Morgan fingerprint density at radius 3 is 2.91 bits per heavy atom. The molecule has 0 bridgehead atoms. The van der Waals surface area contributed by atoms with Crippen LogP contribution in [0.3, 0.4) is 0 Å².